The molecule has 0 saturated heterocycles. The first-order valence-corrected chi connectivity index (χ1v) is 9.32. The van der Waals surface area contributed by atoms with E-state index in [4.69, 9.17) is 5.73 Å². The summed E-state index contributed by atoms with van der Waals surface area (Å²) in [5.41, 5.74) is 4.66. The number of nitrogens with zero attached hydrogens (tertiary/aromatic N) is 3. The molecule has 0 bridgehead atoms. The van der Waals surface area contributed by atoms with Crippen molar-refractivity contribution in [1.29, 1.82) is 15.8 Å². The van der Waals surface area contributed by atoms with E-state index in [1.165, 1.54) is 0 Å². The molecule has 3 N–H and O–H groups in total. The van der Waals surface area contributed by atoms with Crippen LogP contribution in [0.3, 0.4) is 0 Å². The lowest BCUT2D eigenvalue weighted by atomic mass is 9.47. The highest BCUT2D eigenvalue weighted by atomic mass is 79.9. The Labute approximate surface area is 164 Å². The maximum absolute atomic E-state index is 13.4. The summed E-state index contributed by atoms with van der Waals surface area (Å²) < 4.78 is 0.733. The fourth-order valence-corrected chi connectivity index (χ4v) is 5.24. The highest BCUT2D eigenvalue weighted by Gasteiger charge is 2.70. The topological polar surface area (TPSA) is 126 Å². The van der Waals surface area contributed by atoms with Gasteiger partial charge in [-0.3, -0.25) is 4.79 Å². The summed E-state index contributed by atoms with van der Waals surface area (Å²) in [6.45, 7) is 0. The average molecular weight is 420 g/mol. The first-order valence-electron chi connectivity index (χ1n) is 8.52. The molecule has 6 nitrogen and oxygen atoms in total. The van der Waals surface area contributed by atoms with Gasteiger partial charge in [0.15, 0.2) is 0 Å². The molecule has 0 aromatic heterocycles. The highest BCUT2D eigenvalue weighted by Crippen LogP contribution is 2.63. The van der Waals surface area contributed by atoms with E-state index >= 15 is 0 Å². The van der Waals surface area contributed by atoms with Gasteiger partial charge >= 0.3 is 0 Å². The smallest absolute Gasteiger partial charge is 0.238 e. The lowest BCUT2D eigenvalue weighted by Gasteiger charge is -2.49. The molecule has 2 atom stereocenters. The summed E-state index contributed by atoms with van der Waals surface area (Å²) in [6.07, 6.45) is 4.08. The maximum atomic E-state index is 13.4. The molecule has 1 amide bonds. The van der Waals surface area contributed by atoms with Crippen molar-refractivity contribution in [2.24, 2.45) is 17.1 Å². The van der Waals surface area contributed by atoms with Gasteiger partial charge in [-0.05, 0) is 48.6 Å². The Morgan fingerprint density at radius 1 is 1.26 bits per heavy atom. The summed E-state index contributed by atoms with van der Waals surface area (Å²) in [5.74, 6) is -0.889. The van der Waals surface area contributed by atoms with Crippen LogP contribution in [0.15, 0.2) is 45.6 Å². The van der Waals surface area contributed by atoms with Crippen molar-refractivity contribution in [2.45, 2.75) is 24.7 Å². The van der Waals surface area contributed by atoms with E-state index in [-0.39, 0.29) is 11.3 Å². The molecular formula is C20H14BrN5O. The number of fused-ring (bicyclic) bond motifs is 4. The zero-order valence-corrected chi connectivity index (χ0v) is 15.8. The first kappa shape index (κ1) is 17.3. The third-order valence-corrected chi connectivity index (χ3v) is 6.47. The molecule has 1 aromatic rings. The van der Waals surface area contributed by atoms with E-state index in [2.05, 4.69) is 27.3 Å². The van der Waals surface area contributed by atoms with Crippen LogP contribution in [0.4, 0.5) is 5.69 Å². The minimum Gasteiger partial charge on any atom is -0.399 e. The number of rotatable bonds is 0. The molecule has 1 aliphatic heterocycles. The molecule has 0 unspecified atom stereocenters. The van der Waals surface area contributed by atoms with Gasteiger partial charge in [-0.1, -0.05) is 22.0 Å². The lowest BCUT2D eigenvalue weighted by Crippen LogP contribution is -2.60. The predicted molar refractivity (Wildman–Crippen MR) is 100 cm³/mol. The normalized spacial score (nSPS) is 27.6. The van der Waals surface area contributed by atoms with Crippen LogP contribution >= 0.6 is 15.9 Å². The molecule has 7 heteroatoms. The zero-order valence-electron chi connectivity index (χ0n) is 14.2. The first-order chi connectivity index (χ1) is 13.0. The van der Waals surface area contributed by atoms with Crippen molar-refractivity contribution in [2.75, 3.05) is 5.32 Å². The zero-order chi connectivity index (χ0) is 19.4. The lowest BCUT2D eigenvalue weighted by molar-refractivity contribution is -0.125. The van der Waals surface area contributed by atoms with E-state index in [1.54, 1.807) is 18.2 Å². The van der Waals surface area contributed by atoms with Crippen molar-refractivity contribution >= 4 is 27.5 Å². The van der Waals surface area contributed by atoms with Crippen LogP contribution in [-0.4, -0.2) is 5.91 Å². The standard InChI is InChI=1S/C20H14BrN5O/c21-11-5-6-16-15(7-11)20(18(27)26-16)14-4-2-1-3-12(14)13(8-22)17(25)19(20,9-23)10-24/h3,5-7,14H,1-2,4,25H2,(H,26,27)/t14-,20-/m1/s1. The Kier molecular flexibility index (Phi) is 3.67. The van der Waals surface area contributed by atoms with Crippen molar-refractivity contribution in [3.63, 3.8) is 0 Å². The largest absolute Gasteiger partial charge is 0.399 e. The van der Waals surface area contributed by atoms with Gasteiger partial charge in [0.1, 0.15) is 11.5 Å². The monoisotopic (exact) mass is 419 g/mol. The Bertz CT molecular complexity index is 1070. The summed E-state index contributed by atoms with van der Waals surface area (Å²) in [7, 11) is 0. The number of hydrogen-bond acceptors (Lipinski definition) is 5. The van der Waals surface area contributed by atoms with Crippen LogP contribution in [-0.2, 0) is 10.2 Å². The van der Waals surface area contributed by atoms with Crippen LogP contribution in [0.25, 0.3) is 0 Å². The van der Waals surface area contributed by atoms with E-state index in [0.717, 1.165) is 17.3 Å². The second-order valence-corrected chi connectivity index (χ2v) is 7.88. The molecule has 4 rings (SSSR count). The Balaban J connectivity index is 2.21. The number of benzene rings is 1. The third-order valence-electron chi connectivity index (χ3n) is 5.97. The minimum absolute atomic E-state index is 0.137. The molecule has 0 saturated carbocycles. The third kappa shape index (κ3) is 1.84. The van der Waals surface area contributed by atoms with E-state index in [1.807, 2.05) is 18.2 Å². The van der Waals surface area contributed by atoms with Crippen LogP contribution in [0.1, 0.15) is 24.8 Å². The SMILES string of the molecule is N#CC1=C(N)C(C#N)(C#N)[C@]2(C(=O)Nc3ccc(Br)cc32)[C@@H]2CCCC=C12. The molecule has 1 aromatic carbocycles. The highest BCUT2D eigenvalue weighted by molar-refractivity contribution is 9.10. The molecule has 132 valence electrons. The van der Waals surface area contributed by atoms with Crippen LogP contribution in [0.2, 0.25) is 0 Å². The molecule has 0 radical (unpaired) electrons. The van der Waals surface area contributed by atoms with Gasteiger partial charge in [0.05, 0.1) is 23.4 Å². The second-order valence-electron chi connectivity index (χ2n) is 6.97. The summed E-state index contributed by atoms with van der Waals surface area (Å²) in [6, 6.07) is 11.5. The van der Waals surface area contributed by atoms with Gasteiger partial charge in [-0.2, -0.15) is 15.8 Å². The number of nitrogens with one attached hydrogen (secondary N) is 1. The summed E-state index contributed by atoms with van der Waals surface area (Å²) in [5, 5.41) is 32.8. The van der Waals surface area contributed by atoms with E-state index in [0.29, 0.717) is 23.2 Å². The number of carbonyl (C=O) groups excluding carboxylic acids is 1. The number of anilines is 1. The predicted octanol–water partition coefficient (Wildman–Crippen LogP) is 3.15. The van der Waals surface area contributed by atoms with Crippen molar-refractivity contribution < 1.29 is 4.79 Å². The summed E-state index contributed by atoms with van der Waals surface area (Å²) in [4.78, 5) is 13.4. The number of hydrogen-bond donors (Lipinski definition) is 2. The van der Waals surface area contributed by atoms with Crippen molar-refractivity contribution in [1.82, 2.24) is 0 Å². The summed E-state index contributed by atoms with van der Waals surface area (Å²) >= 11 is 3.43. The number of carbonyl (C=O) groups is 1. The van der Waals surface area contributed by atoms with Gasteiger partial charge in [-0.15, -0.1) is 0 Å². The molecule has 2 aliphatic carbocycles. The Morgan fingerprint density at radius 3 is 2.67 bits per heavy atom. The average Bonchev–Trinajstić information content (AvgIpc) is 2.96. The van der Waals surface area contributed by atoms with Crippen LogP contribution in [0, 0.1) is 45.3 Å². The number of allylic oxidation sites excluding steroid dienone is 4. The number of halogens is 1. The van der Waals surface area contributed by atoms with Crippen LogP contribution < -0.4 is 11.1 Å². The van der Waals surface area contributed by atoms with E-state index < -0.39 is 22.7 Å². The number of nitriles is 3. The minimum atomic E-state index is -1.96. The molecule has 27 heavy (non-hydrogen) atoms. The van der Waals surface area contributed by atoms with Crippen LogP contribution in [0.5, 0.6) is 0 Å². The van der Waals surface area contributed by atoms with E-state index in [9.17, 15) is 20.6 Å². The maximum Gasteiger partial charge on any atom is 0.238 e. The fourth-order valence-electron chi connectivity index (χ4n) is 4.88. The van der Waals surface area contributed by atoms with Crippen molar-refractivity contribution in [3.8, 4) is 18.2 Å². The quantitative estimate of drug-likeness (QED) is 0.667. The molecule has 3 aliphatic rings. The molecule has 1 spiro atoms. The Hall–Kier alpha value is -3.08. The molecular weight excluding hydrogens is 406 g/mol. The number of amides is 1. The van der Waals surface area contributed by atoms with Gasteiger partial charge in [-0.25, -0.2) is 0 Å². The van der Waals surface area contributed by atoms with Gasteiger partial charge in [0, 0.05) is 16.1 Å². The van der Waals surface area contributed by atoms with Crippen molar-refractivity contribution in [3.05, 3.63) is 51.2 Å². The van der Waals surface area contributed by atoms with Gasteiger partial charge in [0.25, 0.3) is 0 Å². The number of nitrogens with two attached hydrogens (primary N) is 1. The fraction of sp³-hybridized carbons (Fsp3) is 0.300. The Morgan fingerprint density at radius 2 is 2.00 bits per heavy atom. The second kappa shape index (κ2) is 5.71. The van der Waals surface area contributed by atoms with Gasteiger partial charge < -0.3 is 11.1 Å². The molecule has 1 heterocycles. The molecule has 0 fully saturated rings. The van der Waals surface area contributed by atoms with Gasteiger partial charge in [0.2, 0.25) is 11.3 Å².